The zero-order valence-electron chi connectivity index (χ0n) is 6.40. The van der Waals surface area contributed by atoms with Crippen molar-refractivity contribution in [3.05, 3.63) is 0 Å². The molecule has 4 atom stereocenters. The van der Waals surface area contributed by atoms with Gasteiger partial charge in [-0.05, 0) is 0 Å². The van der Waals surface area contributed by atoms with Gasteiger partial charge in [0.05, 0.1) is 6.61 Å². The van der Waals surface area contributed by atoms with Gasteiger partial charge in [0.15, 0.2) is 5.44 Å². The number of aliphatic hydroxyl groups is 3. The monoisotopic (exact) mass is 213 g/mol. The second kappa shape index (κ2) is 3.48. The molecule has 8 heteroatoms. The molecule has 13 heavy (non-hydrogen) atoms. The second-order valence-electron chi connectivity index (χ2n) is 2.70. The van der Waals surface area contributed by atoms with Crippen molar-refractivity contribution in [2.75, 3.05) is 6.61 Å². The molecule has 0 radical (unpaired) electrons. The SMILES string of the molecule is O=S(=O)([O-])C1O[C@H](CO)[C@@H](O)[C@H]1O. The topological polar surface area (TPSA) is 127 Å². The van der Waals surface area contributed by atoms with E-state index in [2.05, 4.69) is 4.74 Å². The average molecular weight is 213 g/mol. The Morgan fingerprint density at radius 3 is 2.08 bits per heavy atom. The van der Waals surface area contributed by atoms with Gasteiger partial charge in [-0.3, -0.25) is 0 Å². The zero-order valence-corrected chi connectivity index (χ0v) is 7.22. The molecule has 1 unspecified atom stereocenters. The van der Waals surface area contributed by atoms with Crippen LogP contribution in [0.15, 0.2) is 0 Å². The van der Waals surface area contributed by atoms with Gasteiger partial charge in [-0.1, -0.05) is 0 Å². The van der Waals surface area contributed by atoms with Crippen LogP contribution in [0, 0.1) is 0 Å². The molecule has 0 bridgehead atoms. The van der Waals surface area contributed by atoms with Crippen molar-refractivity contribution in [1.82, 2.24) is 0 Å². The number of ether oxygens (including phenoxy) is 1. The summed E-state index contributed by atoms with van der Waals surface area (Å²) in [4.78, 5) is 0. The Labute approximate surface area is 74.3 Å². The minimum atomic E-state index is -4.82. The Morgan fingerprint density at radius 2 is 1.85 bits per heavy atom. The molecule has 1 rings (SSSR count). The standard InChI is InChI=1S/C5H10O7S/c6-1-2-3(7)4(8)5(12-2)13(9,10)11/h2-8H,1H2,(H,9,10,11)/p-1/t2-,3-,4-,5?/m1/s1. The molecule has 1 heterocycles. The summed E-state index contributed by atoms with van der Waals surface area (Å²) in [6.45, 7) is -0.662. The van der Waals surface area contributed by atoms with Gasteiger partial charge in [0.1, 0.15) is 28.4 Å². The van der Waals surface area contributed by atoms with Crippen LogP contribution < -0.4 is 0 Å². The van der Waals surface area contributed by atoms with Crippen molar-refractivity contribution in [2.45, 2.75) is 23.7 Å². The van der Waals surface area contributed by atoms with E-state index in [1.54, 1.807) is 0 Å². The Morgan fingerprint density at radius 1 is 1.31 bits per heavy atom. The van der Waals surface area contributed by atoms with Crippen LogP contribution in [0.3, 0.4) is 0 Å². The maximum absolute atomic E-state index is 10.4. The van der Waals surface area contributed by atoms with Gasteiger partial charge in [-0.25, -0.2) is 8.42 Å². The Kier molecular flexibility index (Phi) is 2.90. The molecule has 0 aromatic carbocycles. The molecule has 1 aliphatic rings. The Hall–Kier alpha value is -0.250. The minimum Gasteiger partial charge on any atom is -0.746 e. The third-order valence-corrected chi connectivity index (χ3v) is 2.74. The molecular formula is C5H9O7S-. The summed E-state index contributed by atoms with van der Waals surface area (Å²) < 4.78 is 35.7. The Bertz CT molecular complexity index is 273. The van der Waals surface area contributed by atoms with E-state index in [0.29, 0.717) is 0 Å². The maximum atomic E-state index is 10.4. The van der Waals surface area contributed by atoms with Crippen molar-refractivity contribution in [3.8, 4) is 0 Å². The summed E-state index contributed by atoms with van der Waals surface area (Å²) in [5.74, 6) is 0. The lowest BCUT2D eigenvalue weighted by Gasteiger charge is -2.17. The third-order valence-electron chi connectivity index (χ3n) is 1.78. The molecule has 78 valence electrons. The first kappa shape index (κ1) is 10.8. The van der Waals surface area contributed by atoms with Crippen LogP contribution in [0.25, 0.3) is 0 Å². The number of hydrogen-bond acceptors (Lipinski definition) is 7. The highest BCUT2D eigenvalue weighted by Crippen LogP contribution is 2.23. The van der Waals surface area contributed by atoms with E-state index in [9.17, 15) is 13.0 Å². The van der Waals surface area contributed by atoms with Gasteiger partial charge in [-0.15, -0.1) is 0 Å². The fraction of sp³-hybridized carbons (Fsp3) is 1.00. The molecule has 1 aliphatic heterocycles. The van der Waals surface area contributed by atoms with E-state index < -0.39 is 40.5 Å². The van der Waals surface area contributed by atoms with E-state index in [1.165, 1.54) is 0 Å². The van der Waals surface area contributed by atoms with E-state index in [1.807, 2.05) is 0 Å². The highest BCUT2D eigenvalue weighted by molar-refractivity contribution is 7.86. The van der Waals surface area contributed by atoms with Crippen LogP contribution in [-0.2, 0) is 14.9 Å². The van der Waals surface area contributed by atoms with Crippen LogP contribution in [0.1, 0.15) is 0 Å². The molecule has 1 saturated heterocycles. The van der Waals surface area contributed by atoms with Gasteiger partial charge < -0.3 is 24.6 Å². The van der Waals surface area contributed by atoms with Gasteiger partial charge in [0, 0.05) is 0 Å². The van der Waals surface area contributed by atoms with Gasteiger partial charge in [-0.2, -0.15) is 0 Å². The van der Waals surface area contributed by atoms with E-state index >= 15 is 0 Å². The van der Waals surface area contributed by atoms with Crippen LogP contribution >= 0.6 is 0 Å². The number of aliphatic hydroxyl groups excluding tert-OH is 3. The second-order valence-corrected chi connectivity index (χ2v) is 4.15. The van der Waals surface area contributed by atoms with Crippen LogP contribution in [0.2, 0.25) is 0 Å². The predicted molar refractivity (Wildman–Crippen MR) is 37.5 cm³/mol. The predicted octanol–water partition coefficient (Wildman–Crippen LogP) is -3.03. The molecule has 0 aliphatic carbocycles. The lowest BCUT2D eigenvalue weighted by molar-refractivity contribution is -0.00947. The summed E-state index contributed by atoms with van der Waals surface area (Å²) in [7, 11) is -4.82. The van der Waals surface area contributed by atoms with Gasteiger partial charge in [0.2, 0.25) is 0 Å². The summed E-state index contributed by atoms with van der Waals surface area (Å²) in [6.07, 6.45) is -4.60. The van der Waals surface area contributed by atoms with Crippen molar-refractivity contribution >= 4 is 10.1 Å². The lowest BCUT2D eigenvalue weighted by Crippen LogP contribution is -2.36. The average Bonchev–Trinajstić information content (AvgIpc) is 2.28. The largest absolute Gasteiger partial charge is 0.746 e. The molecule has 0 spiro atoms. The zero-order chi connectivity index (χ0) is 10.2. The van der Waals surface area contributed by atoms with E-state index in [-0.39, 0.29) is 0 Å². The summed E-state index contributed by atoms with van der Waals surface area (Å²) in [6, 6.07) is 0. The lowest BCUT2D eigenvalue weighted by atomic mass is 10.2. The fourth-order valence-corrected chi connectivity index (χ4v) is 1.89. The molecule has 3 N–H and O–H groups in total. The molecule has 0 aromatic rings. The van der Waals surface area contributed by atoms with Crippen molar-refractivity contribution in [1.29, 1.82) is 0 Å². The number of rotatable bonds is 2. The quantitative estimate of drug-likeness (QED) is 0.416. The van der Waals surface area contributed by atoms with Crippen molar-refractivity contribution in [3.63, 3.8) is 0 Å². The molecular weight excluding hydrogens is 204 g/mol. The van der Waals surface area contributed by atoms with Crippen molar-refractivity contribution in [2.24, 2.45) is 0 Å². The smallest absolute Gasteiger partial charge is 0.175 e. The normalized spacial score (nSPS) is 40.9. The number of hydrogen-bond donors (Lipinski definition) is 3. The first-order valence-electron chi connectivity index (χ1n) is 3.45. The van der Waals surface area contributed by atoms with Crippen LogP contribution in [-0.4, -0.2) is 58.6 Å². The van der Waals surface area contributed by atoms with E-state index in [0.717, 1.165) is 0 Å². The van der Waals surface area contributed by atoms with Crippen LogP contribution in [0.5, 0.6) is 0 Å². The van der Waals surface area contributed by atoms with Crippen molar-refractivity contribution < 1.29 is 33.0 Å². The Balaban J connectivity index is 2.84. The molecule has 1 fully saturated rings. The first-order chi connectivity index (χ1) is 5.88. The molecule has 0 aromatic heterocycles. The van der Waals surface area contributed by atoms with E-state index in [4.69, 9.17) is 15.3 Å². The molecule has 0 saturated carbocycles. The summed E-state index contributed by atoms with van der Waals surface area (Å²) in [5, 5.41) is 26.6. The first-order valence-corrected chi connectivity index (χ1v) is 4.92. The summed E-state index contributed by atoms with van der Waals surface area (Å²) in [5.41, 5.74) is -2.00. The maximum Gasteiger partial charge on any atom is 0.175 e. The highest BCUT2D eigenvalue weighted by Gasteiger charge is 2.45. The molecule has 0 amide bonds. The fourth-order valence-electron chi connectivity index (χ4n) is 1.10. The van der Waals surface area contributed by atoms with Gasteiger partial charge >= 0.3 is 0 Å². The van der Waals surface area contributed by atoms with Gasteiger partial charge in [0.25, 0.3) is 0 Å². The third kappa shape index (κ3) is 1.98. The molecule has 7 nitrogen and oxygen atoms in total. The minimum absolute atomic E-state index is 0.662. The van der Waals surface area contributed by atoms with Crippen LogP contribution in [0.4, 0.5) is 0 Å². The highest BCUT2D eigenvalue weighted by atomic mass is 32.2. The summed E-state index contributed by atoms with van der Waals surface area (Å²) >= 11 is 0.